The van der Waals surface area contributed by atoms with Gasteiger partial charge in [0.05, 0.1) is 22.3 Å². The standard InChI is InChI=1S/C37H48FN3O5S/c1-23(2)45-35(42)34(46-36(5,6)7)32-25(4)39-24(3)31(33(32)40-18-16-37(8,9)17-19-40)26-10-11-27-21-41(22-28(27)20-26)47(43,44)30-14-12-29(38)13-15-30/h10-15,20,23,34H,16-19,21-22H2,1-9H3/t34-/m0/s1. The van der Waals surface area contributed by atoms with Crippen LogP contribution in [0.1, 0.15) is 95.5 Å². The Morgan fingerprint density at radius 3 is 2.17 bits per heavy atom. The molecule has 3 heterocycles. The van der Waals surface area contributed by atoms with Crippen molar-refractivity contribution in [3.05, 3.63) is 76.4 Å². The summed E-state index contributed by atoms with van der Waals surface area (Å²) in [4.78, 5) is 21.2. The normalized spacial score (nSPS) is 17.6. The minimum Gasteiger partial charge on any atom is -0.461 e. The molecule has 1 aromatic heterocycles. The van der Waals surface area contributed by atoms with Crippen molar-refractivity contribution in [3.8, 4) is 11.1 Å². The highest BCUT2D eigenvalue weighted by Gasteiger charge is 2.38. The zero-order valence-electron chi connectivity index (χ0n) is 29.1. The van der Waals surface area contributed by atoms with E-state index in [-0.39, 0.29) is 29.5 Å². The van der Waals surface area contributed by atoms with Crippen molar-refractivity contribution in [2.45, 2.75) is 111 Å². The number of anilines is 1. The molecule has 1 atom stereocenters. The molecule has 47 heavy (non-hydrogen) atoms. The second-order valence-electron chi connectivity index (χ2n) is 14.9. The fourth-order valence-electron chi connectivity index (χ4n) is 6.49. The Balaban J connectivity index is 1.64. The van der Waals surface area contributed by atoms with E-state index in [1.54, 1.807) is 0 Å². The summed E-state index contributed by atoms with van der Waals surface area (Å²) in [5.41, 5.74) is 6.27. The highest BCUT2D eigenvalue weighted by molar-refractivity contribution is 7.89. The van der Waals surface area contributed by atoms with E-state index in [1.807, 2.05) is 66.7 Å². The number of halogens is 1. The number of carbonyl (C=O) groups excluding carboxylic acids is 1. The lowest BCUT2D eigenvalue weighted by molar-refractivity contribution is -0.171. The largest absolute Gasteiger partial charge is 0.461 e. The number of esters is 1. The minimum atomic E-state index is -3.83. The first kappa shape index (κ1) is 35.0. The number of sulfonamides is 1. The summed E-state index contributed by atoms with van der Waals surface area (Å²) < 4.78 is 54.2. The van der Waals surface area contributed by atoms with Gasteiger partial charge >= 0.3 is 5.97 Å². The monoisotopic (exact) mass is 665 g/mol. The van der Waals surface area contributed by atoms with Crippen LogP contribution in [0.3, 0.4) is 0 Å². The first-order valence-corrected chi connectivity index (χ1v) is 17.8. The molecule has 0 bridgehead atoms. The molecule has 0 radical (unpaired) electrons. The van der Waals surface area contributed by atoms with Crippen LogP contribution in [0, 0.1) is 25.1 Å². The van der Waals surface area contributed by atoms with Crippen molar-refractivity contribution < 1.29 is 27.1 Å². The number of hydrogen-bond donors (Lipinski definition) is 0. The molecule has 5 rings (SSSR count). The lowest BCUT2D eigenvalue weighted by atomic mass is 9.81. The van der Waals surface area contributed by atoms with Crippen LogP contribution in [-0.2, 0) is 37.4 Å². The van der Waals surface area contributed by atoms with Crippen LogP contribution < -0.4 is 4.90 Å². The topological polar surface area (TPSA) is 89.0 Å². The molecule has 10 heteroatoms. The van der Waals surface area contributed by atoms with Gasteiger partial charge in [-0.1, -0.05) is 26.0 Å². The molecule has 1 fully saturated rings. The Morgan fingerprint density at radius 2 is 1.57 bits per heavy atom. The molecular weight excluding hydrogens is 617 g/mol. The van der Waals surface area contributed by atoms with Gasteiger partial charge in [-0.15, -0.1) is 0 Å². The van der Waals surface area contributed by atoms with E-state index in [2.05, 4.69) is 18.7 Å². The van der Waals surface area contributed by atoms with Crippen molar-refractivity contribution in [2.75, 3.05) is 18.0 Å². The summed E-state index contributed by atoms with van der Waals surface area (Å²) in [6, 6.07) is 11.0. The van der Waals surface area contributed by atoms with E-state index in [1.165, 1.54) is 16.4 Å². The van der Waals surface area contributed by atoms with Crippen molar-refractivity contribution >= 4 is 21.7 Å². The van der Waals surface area contributed by atoms with Gasteiger partial charge in [-0.05, 0) is 114 Å². The SMILES string of the molecule is Cc1nc(C)c([C@H](OC(C)(C)C)C(=O)OC(C)C)c(N2CCC(C)(C)CC2)c1-c1ccc2c(c1)CN(S(=O)(=O)c1ccc(F)cc1)C2. The van der Waals surface area contributed by atoms with E-state index in [0.717, 1.165) is 71.7 Å². The number of rotatable bonds is 8. The summed E-state index contributed by atoms with van der Waals surface area (Å²) in [5, 5.41) is 0. The number of nitrogens with zero attached hydrogens (tertiary/aromatic N) is 3. The van der Waals surface area contributed by atoms with Crippen LogP contribution in [0.2, 0.25) is 0 Å². The van der Waals surface area contributed by atoms with Crippen molar-refractivity contribution in [3.63, 3.8) is 0 Å². The van der Waals surface area contributed by atoms with E-state index in [0.29, 0.717) is 11.3 Å². The molecule has 0 N–H and O–H groups in total. The fraction of sp³-hybridized carbons (Fsp3) is 0.514. The van der Waals surface area contributed by atoms with Gasteiger partial charge in [0.15, 0.2) is 6.10 Å². The number of benzene rings is 2. The Hall–Kier alpha value is -3.34. The summed E-state index contributed by atoms with van der Waals surface area (Å²) in [7, 11) is -3.83. The fourth-order valence-corrected chi connectivity index (χ4v) is 7.88. The number of piperidine rings is 1. The number of hydrogen-bond acceptors (Lipinski definition) is 7. The maximum Gasteiger partial charge on any atom is 0.340 e. The van der Waals surface area contributed by atoms with E-state index in [4.69, 9.17) is 14.5 Å². The third-order valence-electron chi connectivity index (χ3n) is 8.95. The van der Waals surface area contributed by atoms with Gasteiger partial charge in [-0.3, -0.25) is 4.98 Å². The zero-order chi connectivity index (χ0) is 34.5. The predicted octanol–water partition coefficient (Wildman–Crippen LogP) is 7.64. The third kappa shape index (κ3) is 7.55. The molecule has 0 aliphatic carbocycles. The molecule has 3 aromatic rings. The van der Waals surface area contributed by atoms with Crippen LogP contribution in [0.5, 0.6) is 0 Å². The van der Waals surface area contributed by atoms with Crippen LogP contribution in [-0.4, -0.2) is 48.5 Å². The average molecular weight is 666 g/mol. The van der Waals surface area contributed by atoms with Gasteiger partial charge in [-0.25, -0.2) is 17.6 Å². The minimum absolute atomic E-state index is 0.0589. The second-order valence-corrected chi connectivity index (χ2v) is 16.8. The molecule has 0 amide bonds. The first-order chi connectivity index (χ1) is 21.9. The van der Waals surface area contributed by atoms with Crippen LogP contribution in [0.15, 0.2) is 47.4 Å². The van der Waals surface area contributed by atoms with E-state index in [9.17, 15) is 17.6 Å². The Labute approximate surface area is 279 Å². The summed E-state index contributed by atoms with van der Waals surface area (Å²) >= 11 is 0. The lowest BCUT2D eigenvalue weighted by Crippen LogP contribution is -2.39. The summed E-state index contributed by atoms with van der Waals surface area (Å²) in [6.07, 6.45) is 0.638. The molecule has 254 valence electrons. The maximum atomic E-state index is 13.8. The highest BCUT2D eigenvalue weighted by atomic mass is 32.2. The smallest absolute Gasteiger partial charge is 0.340 e. The average Bonchev–Trinajstić information content (AvgIpc) is 3.40. The molecule has 0 spiro atoms. The van der Waals surface area contributed by atoms with Crippen molar-refractivity contribution in [2.24, 2.45) is 5.41 Å². The van der Waals surface area contributed by atoms with Gasteiger partial charge in [0.2, 0.25) is 10.0 Å². The number of carbonyl (C=O) groups is 1. The molecular formula is C37H48FN3O5S. The third-order valence-corrected chi connectivity index (χ3v) is 10.8. The number of fused-ring (bicyclic) bond motifs is 1. The molecule has 2 aliphatic rings. The quantitative estimate of drug-likeness (QED) is 0.229. The highest BCUT2D eigenvalue weighted by Crippen LogP contribution is 2.46. The van der Waals surface area contributed by atoms with Gasteiger partial charge < -0.3 is 14.4 Å². The number of aryl methyl sites for hydroxylation is 2. The molecule has 8 nitrogen and oxygen atoms in total. The first-order valence-electron chi connectivity index (χ1n) is 16.4. The van der Waals surface area contributed by atoms with Crippen molar-refractivity contribution in [1.82, 2.24) is 9.29 Å². The van der Waals surface area contributed by atoms with Gasteiger partial charge in [0.1, 0.15) is 5.82 Å². The number of aromatic nitrogens is 1. The maximum absolute atomic E-state index is 13.8. The van der Waals surface area contributed by atoms with Crippen LogP contribution in [0.25, 0.3) is 11.1 Å². The van der Waals surface area contributed by atoms with Crippen LogP contribution >= 0.6 is 0 Å². The molecule has 0 saturated carbocycles. The zero-order valence-corrected chi connectivity index (χ0v) is 29.9. The van der Waals surface area contributed by atoms with Gasteiger partial charge in [0, 0.05) is 48.7 Å². The Bertz CT molecular complexity index is 1750. The van der Waals surface area contributed by atoms with E-state index < -0.39 is 33.5 Å². The molecule has 2 aliphatic heterocycles. The second kappa shape index (κ2) is 12.9. The molecule has 2 aromatic carbocycles. The summed E-state index contributed by atoms with van der Waals surface area (Å²) in [6.45, 7) is 19.9. The van der Waals surface area contributed by atoms with Gasteiger partial charge in [-0.2, -0.15) is 4.31 Å². The molecule has 1 saturated heterocycles. The predicted molar refractivity (Wildman–Crippen MR) is 182 cm³/mol. The number of pyridine rings is 1. The summed E-state index contributed by atoms with van der Waals surface area (Å²) in [5.74, 6) is -0.941. The Kier molecular flexibility index (Phi) is 9.63. The van der Waals surface area contributed by atoms with Gasteiger partial charge in [0.25, 0.3) is 0 Å². The lowest BCUT2D eigenvalue weighted by Gasteiger charge is -2.41. The number of ether oxygens (including phenoxy) is 2. The van der Waals surface area contributed by atoms with E-state index >= 15 is 0 Å². The van der Waals surface area contributed by atoms with Crippen LogP contribution in [0.4, 0.5) is 10.1 Å². The Morgan fingerprint density at radius 1 is 0.957 bits per heavy atom. The molecule has 0 unspecified atom stereocenters. The van der Waals surface area contributed by atoms with Crippen molar-refractivity contribution in [1.29, 1.82) is 0 Å².